The van der Waals surface area contributed by atoms with E-state index in [0.29, 0.717) is 15.9 Å². The van der Waals surface area contributed by atoms with Crippen LogP contribution in [-0.4, -0.2) is 16.5 Å². The summed E-state index contributed by atoms with van der Waals surface area (Å²) in [5.74, 6) is 2.25. The summed E-state index contributed by atoms with van der Waals surface area (Å²) in [5.41, 5.74) is 1.71. The van der Waals surface area contributed by atoms with Crippen molar-refractivity contribution in [2.75, 3.05) is 17.2 Å². The first kappa shape index (κ1) is 14.9. The second kappa shape index (κ2) is 6.29. The van der Waals surface area contributed by atoms with Crippen molar-refractivity contribution in [3.8, 4) is 0 Å². The summed E-state index contributed by atoms with van der Waals surface area (Å²) in [6.45, 7) is 6.65. The number of nitrogens with one attached hydrogen (secondary N) is 2. The van der Waals surface area contributed by atoms with Gasteiger partial charge in [-0.3, -0.25) is 0 Å². The van der Waals surface area contributed by atoms with Gasteiger partial charge in [0.2, 0.25) is 0 Å². The van der Waals surface area contributed by atoms with Gasteiger partial charge in [0, 0.05) is 17.1 Å². The van der Waals surface area contributed by atoms with Crippen LogP contribution in [-0.2, 0) is 0 Å². The minimum atomic E-state index is 0.554. The molecule has 106 valence electrons. The zero-order chi connectivity index (χ0) is 14.7. The molecule has 0 spiro atoms. The maximum Gasteiger partial charge on any atom is 0.139 e. The van der Waals surface area contributed by atoms with Crippen LogP contribution in [0.1, 0.15) is 18.3 Å². The number of benzene rings is 1. The standard InChI is InChI=1S/C14H16Cl2N4/c1-4-17-13-8(2)14(19-9(3)18-13)20-12-6-5-10(15)7-11(12)16/h5-7H,4H2,1-3H3,(H2,17,18,19,20). The summed E-state index contributed by atoms with van der Waals surface area (Å²) >= 11 is 12.1. The number of nitrogens with zero attached hydrogens (tertiary/aromatic N) is 2. The maximum atomic E-state index is 6.17. The molecular weight excluding hydrogens is 295 g/mol. The third kappa shape index (κ3) is 3.32. The first-order valence-corrected chi connectivity index (χ1v) is 7.08. The van der Waals surface area contributed by atoms with Crippen molar-refractivity contribution < 1.29 is 0 Å². The third-order valence-corrected chi connectivity index (χ3v) is 3.33. The van der Waals surface area contributed by atoms with E-state index in [4.69, 9.17) is 23.2 Å². The van der Waals surface area contributed by atoms with Crippen molar-refractivity contribution in [3.05, 3.63) is 39.6 Å². The molecule has 0 aliphatic carbocycles. The van der Waals surface area contributed by atoms with Crippen molar-refractivity contribution in [2.45, 2.75) is 20.8 Å². The average Bonchev–Trinajstić information content (AvgIpc) is 2.38. The fourth-order valence-electron chi connectivity index (χ4n) is 1.81. The fraction of sp³-hybridized carbons (Fsp3) is 0.286. The van der Waals surface area contributed by atoms with E-state index < -0.39 is 0 Å². The van der Waals surface area contributed by atoms with Gasteiger partial charge in [-0.2, -0.15) is 0 Å². The van der Waals surface area contributed by atoms with Crippen molar-refractivity contribution >= 4 is 40.5 Å². The zero-order valence-electron chi connectivity index (χ0n) is 11.6. The number of hydrogen-bond acceptors (Lipinski definition) is 4. The van der Waals surface area contributed by atoms with Gasteiger partial charge in [-0.05, 0) is 39.0 Å². The normalized spacial score (nSPS) is 10.4. The minimum Gasteiger partial charge on any atom is -0.370 e. The van der Waals surface area contributed by atoms with Crippen molar-refractivity contribution in [1.82, 2.24) is 9.97 Å². The summed E-state index contributed by atoms with van der Waals surface area (Å²) in [6.07, 6.45) is 0. The molecule has 1 aromatic heterocycles. The van der Waals surface area contributed by atoms with Crippen LogP contribution in [0.4, 0.5) is 17.3 Å². The van der Waals surface area contributed by atoms with Crippen molar-refractivity contribution in [1.29, 1.82) is 0 Å². The highest BCUT2D eigenvalue weighted by atomic mass is 35.5. The molecule has 1 aromatic carbocycles. The first-order chi connectivity index (χ1) is 9.51. The van der Waals surface area contributed by atoms with Gasteiger partial charge in [0.15, 0.2) is 0 Å². The largest absolute Gasteiger partial charge is 0.370 e. The molecule has 20 heavy (non-hydrogen) atoms. The second-order valence-corrected chi connectivity index (χ2v) is 5.22. The molecule has 2 aromatic rings. The number of aryl methyl sites for hydroxylation is 1. The summed E-state index contributed by atoms with van der Waals surface area (Å²) < 4.78 is 0. The van der Waals surface area contributed by atoms with E-state index in [-0.39, 0.29) is 0 Å². The zero-order valence-corrected chi connectivity index (χ0v) is 13.1. The molecule has 6 heteroatoms. The van der Waals surface area contributed by atoms with Crippen molar-refractivity contribution in [3.63, 3.8) is 0 Å². The Hall–Kier alpha value is -1.52. The molecule has 0 amide bonds. The van der Waals surface area contributed by atoms with Crippen LogP contribution in [0.2, 0.25) is 10.0 Å². The van der Waals surface area contributed by atoms with E-state index in [2.05, 4.69) is 20.6 Å². The summed E-state index contributed by atoms with van der Waals surface area (Å²) in [7, 11) is 0. The lowest BCUT2D eigenvalue weighted by Crippen LogP contribution is -2.07. The molecule has 0 bridgehead atoms. The van der Waals surface area contributed by atoms with Gasteiger partial charge in [-0.25, -0.2) is 9.97 Å². The van der Waals surface area contributed by atoms with Crippen molar-refractivity contribution in [2.24, 2.45) is 0 Å². The SMILES string of the molecule is CCNc1nc(C)nc(Nc2ccc(Cl)cc2Cl)c1C. The molecule has 0 radical (unpaired) electrons. The van der Waals surface area contributed by atoms with Crippen LogP contribution in [0.5, 0.6) is 0 Å². The molecule has 4 nitrogen and oxygen atoms in total. The quantitative estimate of drug-likeness (QED) is 0.868. The third-order valence-electron chi connectivity index (χ3n) is 2.79. The van der Waals surface area contributed by atoms with Crippen LogP contribution in [0, 0.1) is 13.8 Å². The Bertz CT molecular complexity index is 629. The molecule has 0 unspecified atom stereocenters. The Kier molecular flexibility index (Phi) is 4.68. The van der Waals surface area contributed by atoms with Gasteiger partial charge < -0.3 is 10.6 Å². The van der Waals surface area contributed by atoms with Crippen LogP contribution in [0.25, 0.3) is 0 Å². The fourth-order valence-corrected chi connectivity index (χ4v) is 2.26. The summed E-state index contributed by atoms with van der Waals surface area (Å²) in [4.78, 5) is 8.81. The molecule has 2 rings (SSSR count). The molecule has 0 atom stereocenters. The molecule has 0 fully saturated rings. The predicted octanol–water partition coefficient (Wildman–Crippen LogP) is 4.58. The lowest BCUT2D eigenvalue weighted by atomic mass is 10.2. The van der Waals surface area contributed by atoms with E-state index in [0.717, 1.165) is 29.4 Å². The van der Waals surface area contributed by atoms with Crippen LogP contribution in [0.15, 0.2) is 18.2 Å². The highest BCUT2D eigenvalue weighted by Gasteiger charge is 2.10. The predicted molar refractivity (Wildman–Crippen MR) is 85.4 cm³/mol. The Morgan fingerprint density at radius 1 is 1.10 bits per heavy atom. The van der Waals surface area contributed by atoms with E-state index >= 15 is 0 Å². The van der Waals surface area contributed by atoms with Gasteiger partial charge in [0.1, 0.15) is 17.5 Å². The van der Waals surface area contributed by atoms with Crippen LogP contribution < -0.4 is 10.6 Å². The van der Waals surface area contributed by atoms with Gasteiger partial charge >= 0.3 is 0 Å². The lowest BCUT2D eigenvalue weighted by molar-refractivity contribution is 1.02. The van der Waals surface area contributed by atoms with E-state index in [1.165, 1.54) is 0 Å². The number of rotatable bonds is 4. The van der Waals surface area contributed by atoms with E-state index in [9.17, 15) is 0 Å². The maximum absolute atomic E-state index is 6.17. The molecule has 2 N–H and O–H groups in total. The lowest BCUT2D eigenvalue weighted by Gasteiger charge is -2.14. The topological polar surface area (TPSA) is 49.8 Å². The molecule has 1 heterocycles. The highest BCUT2D eigenvalue weighted by molar-refractivity contribution is 6.36. The van der Waals surface area contributed by atoms with Crippen LogP contribution >= 0.6 is 23.2 Å². The number of aromatic nitrogens is 2. The molecule has 0 aliphatic heterocycles. The molecule has 0 saturated carbocycles. The van der Waals surface area contributed by atoms with Gasteiger partial charge in [-0.15, -0.1) is 0 Å². The smallest absolute Gasteiger partial charge is 0.139 e. The summed E-state index contributed by atoms with van der Waals surface area (Å²) in [5, 5.41) is 7.60. The second-order valence-electron chi connectivity index (χ2n) is 4.37. The average molecular weight is 311 g/mol. The number of halogens is 2. The Morgan fingerprint density at radius 3 is 2.45 bits per heavy atom. The Morgan fingerprint density at radius 2 is 1.80 bits per heavy atom. The van der Waals surface area contributed by atoms with Crippen LogP contribution in [0.3, 0.4) is 0 Å². The van der Waals surface area contributed by atoms with Gasteiger partial charge in [-0.1, -0.05) is 23.2 Å². The first-order valence-electron chi connectivity index (χ1n) is 6.32. The minimum absolute atomic E-state index is 0.554. The van der Waals surface area contributed by atoms with Gasteiger partial charge in [0.05, 0.1) is 10.7 Å². The number of hydrogen-bond donors (Lipinski definition) is 2. The molecule has 0 aliphatic rings. The monoisotopic (exact) mass is 310 g/mol. The van der Waals surface area contributed by atoms with Gasteiger partial charge in [0.25, 0.3) is 0 Å². The van der Waals surface area contributed by atoms with E-state index in [1.807, 2.05) is 26.8 Å². The summed E-state index contributed by atoms with van der Waals surface area (Å²) in [6, 6.07) is 5.30. The van der Waals surface area contributed by atoms with E-state index in [1.54, 1.807) is 12.1 Å². The molecular formula is C14H16Cl2N4. The Labute approximate surface area is 128 Å². The molecule has 0 saturated heterocycles. The Balaban J connectivity index is 2.37. The number of anilines is 3. The highest BCUT2D eigenvalue weighted by Crippen LogP contribution is 2.30.